The van der Waals surface area contributed by atoms with Gasteiger partial charge in [-0.3, -0.25) is 8.37 Å². The molecule has 12 heteroatoms. The molecule has 0 spiro atoms. The van der Waals surface area contributed by atoms with E-state index in [1.54, 1.807) is 0 Å². The van der Waals surface area contributed by atoms with E-state index in [0.29, 0.717) is 25.7 Å². The maximum absolute atomic E-state index is 9.98. The summed E-state index contributed by atoms with van der Waals surface area (Å²) in [5.74, 6) is 0. The van der Waals surface area contributed by atoms with Crippen molar-refractivity contribution in [3.63, 3.8) is 0 Å². The molecule has 0 aromatic heterocycles. The molecular formula is C6H12Na2O8S2. The van der Waals surface area contributed by atoms with Crippen LogP contribution in [0.3, 0.4) is 0 Å². The third kappa shape index (κ3) is 22.9. The summed E-state index contributed by atoms with van der Waals surface area (Å²) < 4.78 is 67.7. The Morgan fingerprint density at radius 2 is 0.944 bits per heavy atom. The number of hydrogen-bond donors (Lipinski definition) is 0. The van der Waals surface area contributed by atoms with Crippen LogP contribution in [0, 0.1) is 0 Å². The van der Waals surface area contributed by atoms with Gasteiger partial charge in [-0.1, -0.05) is 12.8 Å². The molecule has 0 aromatic rings. The molecule has 0 N–H and O–H groups in total. The average Bonchev–Trinajstić information content (AvgIpc) is 2.06. The van der Waals surface area contributed by atoms with Crippen molar-refractivity contribution in [2.24, 2.45) is 0 Å². The predicted molar refractivity (Wildman–Crippen MR) is 49.8 cm³/mol. The van der Waals surface area contributed by atoms with Crippen LogP contribution in [-0.2, 0) is 29.2 Å². The second-order valence-electron chi connectivity index (χ2n) is 2.87. The van der Waals surface area contributed by atoms with Crippen molar-refractivity contribution in [2.45, 2.75) is 25.7 Å². The minimum atomic E-state index is -4.64. The fraction of sp³-hybridized carbons (Fsp3) is 1.00. The molecule has 0 heterocycles. The Hall–Kier alpha value is 1.74. The van der Waals surface area contributed by atoms with Crippen molar-refractivity contribution >= 4 is 20.8 Å². The van der Waals surface area contributed by atoms with Crippen LogP contribution in [0.4, 0.5) is 0 Å². The minimum absolute atomic E-state index is 0. The molecule has 0 bridgehead atoms. The summed E-state index contributed by atoms with van der Waals surface area (Å²) in [6.45, 7) is -0.404. The third-order valence-corrected chi connectivity index (χ3v) is 2.40. The summed E-state index contributed by atoms with van der Waals surface area (Å²) in [5.41, 5.74) is 0. The van der Waals surface area contributed by atoms with E-state index >= 15 is 0 Å². The monoisotopic (exact) mass is 322 g/mol. The third-order valence-electron chi connectivity index (χ3n) is 1.49. The molecule has 8 nitrogen and oxygen atoms in total. The largest absolute Gasteiger partial charge is 1.00 e. The first-order valence-corrected chi connectivity index (χ1v) is 7.08. The Bertz CT molecular complexity index is 340. The predicted octanol–water partition coefficient (Wildman–Crippen LogP) is -6.49. The molecule has 0 aromatic carbocycles. The Labute approximate surface area is 151 Å². The normalized spacial score (nSPS) is 11.4. The van der Waals surface area contributed by atoms with Crippen LogP contribution in [0.25, 0.3) is 0 Å². The van der Waals surface area contributed by atoms with E-state index < -0.39 is 20.8 Å². The van der Waals surface area contributed by atoms with E-state index in [1.807, 2.05) is 0 Å². The zero-order valence-corrected chi connectivity index (χ0v) is 16.0. The van der Waals surface area contributed by atoms with Crippen molar-refractivity contribution < 1.29 is 93.4 Å². The Morgan fingerprint density at radius 1 is 0.667 bits per heavy atom. The first-order chi connectivity index (χ1) is 7.21. The molecule has 0 aliphatic heterocycles. The van der Waals surface area contributed by atoms with Crippen LogP contribution in [0.2, 0.25) is 0 Å². The maximum atomic E-state index is 9.98. The second-order valence-corrected chi connectivity index (χ2v) is 4.98. The molecule has 0 atom stereocenters. The van der Waals surface area contributed by atoms with Gasteiger partial charge in [0.1, 0.15) is 0 Å². The Morgan fingerprint density at radius 3 is 1.17 bits per heavy atom. The van der Waals surface area contributed by atoms with Crippen LogP contribution in [-0.4, -0.2) is 39.2 Å². The van der Waals surface area contributed by atoms with Gasteiger partial charge in [-0.25, -0.2) is 16.8 Å². The van der Waals surface area contributed by atoms with Crippen LogP contribution in [0.15, 0.2) is 0 Å². The van der Waals surface area contributed by atoms with Crippen molar-refractivity contribution in [1.29, 1.82) is 0 Å². The standard InChI is InChI=1S/C6H14O8S2.2Na/c7-15(8,9)13-5-3-1-2-4-6-14-16(10,11)12;;/h1-6H2,(H,7,8,9)(H,10,11,12);;/q;2*+1/p-2. The SMILES string of the molecule is O=S(=O)([O-])OCCCCCCOS(=O)(=O)[O-].[Na+].[Na+]. The van der Waals surface area contributed by atoms with Gasteiger partial charge in [-0.05, 0) is 12.8 Å². The maximum Gasteiger partial charge on any atom is 1.00 e. The van der Waals surface area contributed by atoms with Gasteiger partial charge < -0.3 is 9.11 Å². The number of unbranched alkanes of at least 4 members (excludes halogenated alkanes) is 3. The summed E-state index contributed by atoms with van der Waals surface area (Å²) in [4.78, 5) is 0. The van der Waals surface area contributed by atoms with Gasteiger partial charge >= 0.3 is 59.1 Å². The zero-order valence-electron chi connectivity index (χ0n) is 10.3. The number of rotatable bonds is 9. The topological polar surface area (TPSA) is 133 Å². The average molecular weight is 322 g/mol. The molecule has 0 aliphatic rings. The minimum Gasteiger partial charge on any atom is -0.726 e. The number of hydrogen-bond acceptors (Lipinski definition) is 8. The molecule has 0 fully saturated rings. The van der Waals surface area contributed by atoms with Gasteiger partial charge in [0.2, 0.25) is 20.8 Å². The molecular weight excluding hydrogens is 310 g/mol. The molecule has 0 rings (SSSR count). The van der Waals surface area contributed by atoms with E-state index in [0.717, 1.165) is 0 Å². The van der Waals surface area contributed by atoms with Crippen molar-refractivity contribution in [2.75, 3.05) is 13.2 Å². The molecule has 0 saturated carbocycles. The van der Waals surface area contributed by atoms with Gasteiger partial charge in [-0.15, -0.1) is 0 Å². The summed E-state index contributed by atoms with van der Waals surface area (Å²) in [5, 5.41) is 0. The van der Waals surface area contributed by atoms with Crippen molar-refractivity contribution in [3.05, 3.63) is 0 Å². The fourth-order valence-corrected chi connectivity index (χ4v) is 1.52. The Kier molecular flexibility index (Phi) is 17.1. The molecule has 0 amide bonds. The van der Waals surface area contributed by atoms with Gasteiger partial charge in [0.05, 0.1) is 13.2 Å². The van der Waals surface area contributed by atoms with Gasteiger partial charge in [0.15, 0.2) is 0 Å². The van der Waals surface area contributed by atoms with Gasteiger partial charge in [-0.2, -0.15) is 0 Å². The first-order valence-electron chi connectivity index (χ1n) is 4.41. The Balaban J connectivity index is -0.00000112. The summed E-state index contributed by atoms with van der Waals surface area (Å²) >= 11 is 0. The fourth-order valence-electron chi connectivity index (χ4n) is 0.880. The smallest absolute Gasteiger partial charge is 0.726 e. The van der Waals surface area contributed by atoms with E-state index in [4.69, 9.17) is 0 Å². The zero-order chi connectivity index (χ0) is 12.7. The molecule has 0 unspecified atom stereocenters. The van der Waals surface area contributed by atoms with Crippen LogP contribution < -0.4 is 59.1 Å². The second kappa shape index (κ2) is 12.5. The van der Waals surface area contributed by atoms with E-state index in [1.165, 1.54) is 0 Å². The van der Waals surface area contributed by atoms with Gasteiger partial charge in [0.25, 0.3) is 0 Å². The first kappa shape index (κ1) is 24.7. The quantitative estimate of drug-likeness (QED) is 0.177. The van der Waals surface area contributed by atoms with E-state index in [9.17, 15) is 25.9 Å². The van der Waals surface area contributed by atoms with Crippen molar-refractivity contribution in [3.8, 4) is 0 Å². The summed E-state index contributed by atoms with van der Waals surface area (Å²) in [6, 6.07) is 0. The van der Waals surface area contributed by atoms with Crippen LogP contribution in [0.1, 0.15) is 25.7 Å². The van der Waals surface area contributed by atoms with Crippen LogP contribution >= 0.6 is 0 Å². The van der Waals surface area contributed by atoms with Crippen LogP contribution in [0.5, 0.6) is 0 Å². The van der Waals surface area contributed by atoms with E-state index in [-0.39, 0.29) is 72.3 Å². The molecule has 98 valence electrons. The van der Waals surface area contributed by atoms with Crippen molar-refractivity contribution in [1.82, 2.24) is 0 Å². The molecule has 0 radical (unpaired) electrons. The summed E-state index contributed by atoms with van der Waals surface area (Å²) in [7, 11) is -9.27. The molecule has 18 heavy (non-hydrogen) atoms. The molecule has 0 aliphatic carbocycles. The molecule has 0 saturated heterocycles. The van der Waals surface area contributed by atoms with Gasteiger partial charge in [0, 0.05) is 0 Å². The summed E-state index contributed by atoms with van der Waals surface area (Å²) in [6.07, 6.45) is 1.78. The van der Waals surface area contributed by atoms with E-state index in [2.05, 4.69) is 8.37 Å².